The Hall–Kier alpha value is -2.74. The first-order valence-corrected chi connectivity index (χ1v) is 10.8. The maximum absolute atomic E-state index is 5.53. The SMILES string of the molecule is COc1ccc(C2=CCC=C(C)C2CC=C(C)CCc2ccccc2C)cc1OC. The van der Waals surface area contributed by atoms with Gasteiger partial charge in [0, 0.05) is 5.92 Å². The van der Waals surface area contributed by atoms with Gasteiger partial charge in [0.25, 0.3) is 0 Å². The van der Waals surface area contributed by atoms with Crippen molar-refractivity contribution in [3.05, 3.63) is 88.5 Å². The van der Waals surface area contributed by atoms with Gasteiger partial charge in [-0.2, -0.15) is 0 Å². The molecule has 3 rings (SSSR count). The van der Waals surface area contributed by atoms with Gasteiger partial charge in [-0.3, -0.25) is 0 Å². The maximum Gasteiger partial charge on any atom is 0.161 e. The molecule has 0 heterocycles. The van der Waals surface area contributed by atoms with Gasteiger partial charge in [0.2, 0.25) is 0 Å². The van der Waals surface area contributed by atoms with Crippen molar-refractivity contribution in [2.45, 2.75) is 46.5 Å². The number of hydrogen-bond donors (Lipinski definition) is 0. The van der Waals surface area contributed by atoms with Crippen molar-refractivity contribution in [1.29, 1.82) is 0 Å². The Balaban J connectivity index is 1.73. The van der Waals surface area contributed by atoms with Crippen molar-refractivity contribution >= 4 is 5.57 Å². The number of hydrogen-bond acceptors (Lipinski definition) is 2. The second-order valence-electron chi connectivity index (χ2n) is 8.18. The molecule has 0 spiro atoms. The fourth-order valence-electron chi connectivity index (χ4n) is 4.19. The van der Waals surface area contributed by atoms with E-state index in [2.05, 4.69) is 75.4 Å². The topological polar surface area (TPSA) is 18.5 Å². The van der Waals surface area contributed by atoms with Crippen molar-refractivity contribution in [3.63, 3.8) is 0 Å². The molecule has 1 atom stereocenters. The summed E-state index contributed by atoms with van der Waals surface area (Å²) in [6.45, 7) is 6.72. The molecule has 1 aliphatic carbocycles. The lowest BCUT2D eigenvalue weighted by molar-refractivity contribution is 0.355. The zero-order valence-corrected chi connectivity index (χ0v) is 19.0. The zero-order valence-electron chi connectivity index (χ0n) is 19.0. The van der Waals surface area contributed by atoms with Crippen LogP contribution in [0.2, 0.25) is 0 Å². The molecule has 1 unspecified atom stereocenters. The molecule has 0 aliphatic heterocycles. The van der Waals surface area contributed by atoms with Crippen molar-refractivity contribution < 1.29 is 9.47 Å². The van der Waals surface area contributed by atoms with Crippen LogP contribution in [0.5, 0.6) is 11.5 Å². The monoisotopic (exact) mass is 402 g/mol. The number of allylic oxidation sites excluding steroid dienone is 6. The van der Waals surface area contributed by atoms with Gasteiger partial charge in [0.1, 0.15) is 0 Å². The molecule has 0 saturated heterocycles. The fraction of sp³-hybridized carbons (Fsp3) is 0.357. The van der Waals surface area contributed by atoms with E-state index >= 15 is 0 Å². The van der Waals surface area contributed by atoms with E-state index in [1.54, 1.807) is 14.2 Å². The predicted octanol–water partition coefficient (Wildman–Crippen LogP) is 7.33. The Kier molecular flexibility index (Phi) is 7.57. The van der Waals surface area contributed by atoms with Gasteiger partial charge in [-0.05, 0) is 80.9 Å². The van der Waals surface area contributed by atoms with E-state index in [0.29, 0.717) is 5.92 Å². The molecule has 158 valence electrons. The second kappa shape index (κ2) is 10.3. The van der Waals surface area contributed by atoms with Crippen LogP contribution in [0.4, 0.5) is 0 Å². The van der Waals surface area contributed by atoms with Gasteiger partial charge < -0.3 is 9.47 Å². The minimum absolute atomic E-state index is 0.408. The van der Waals surface area contributed by atoms with Gasteiger partial charge in [0.05, 0.1) is 14.2 Å². The van der Waals surface area contributed by atoms with Crippen molar-refractivity contribution in [2.75, 3.05) is 14.2 Å². The first kappa shape index (κ1) is 22.0. The molecule has 0 aromatic heterocycles. The van der Waals surface area contributed by atoms with Crippen molar-refractivity contribution in [1.82, 2.24) is 0 Å². The summed E-state index contributed by atoms with van der Waals surface area (Å²) in [5, 5.41) is 0. The summed E-state index contributed by atoms with van der Waals surface area (Å²) < 4.78 is 10.9. The van der Waals surface area contributed by atoms with Gasteiger partial charge in [-0.25, -0.2) is 0 Å². The lowest BCUT2D eigenvalue weighted by Gasteiger charge is -2.25. The molecule has 30 heavy (non-hydrogen) atoms. The van der Waals surface area contributed by atoms with Crippen LogP contribution in [0, 0.1) is 12.8 Å². The highest BCUT2D eigenvalue weighted by Gasteiger charge is 2.20. The highest BCUT2D eigenvalue weighted by molar-refractivity contribution is 5.73. The van der Waals surface area contributed by atoms with E-state index < -0.39 is 0 Å². The van der Waals surface area contributed by atoms with Crippen LogP contribution >= 0.6 is 0 Å². The number of rotatable bonds is 8. The van der Waals surface area contributed by atoms with Gasteiger partial charge in [0.15, 0.2) is 11.5 Å². The standard InChI is InChI=1S/C28H34O2/c1-20(13-15-23-11-7-6-9-21(23)2)14-17-25-22(3)10-8-12-26(25)24-16-18-27(29-4)28(19-24)30-5/h6-7,9-12,14,16,18-19,25H,8,13,15,17H2,1-5H3. The summed E-state index contributed by atoms with van der Waals surface area (Å²) in [5.74, 6) is 1.96. The number of ether oxygens (including phenoxy) is 2. The molecule has 0 bridgehead atoms. The van der Waals surface area contributed by atoms with E-state index in [1.165, 1.54) is 33.4 Å². The largest absolute Gasteiger partial charge is 0.493 e. The Morgan fingerprint density at radius 1 is 1.00 bits per heavy atom. The van der Waals surface area contributed by atoms with Crippen LogP contribution in [-0.2, 0) is 6.42 Å². The van der Waals surface area contributed by atoms with Crippen LogP contribution in [-0.4, -0.2) is 14.2 Å². The van der Waals surface area contributed by atoms with E-state index in [0.717, 1.165) is 37.2 Å². The van der Waals surface area contributed by atoms with Crippen LogP contribution in [0.15, 0.2) is 71.8 Å². The molecule has 0 N–H and O–H groups in total. The van der Waals surface area contributed by atoms with E-state index in [9.17, 15) is 0 Å². The minimum atomic E-state index is 0.408. The molecule has 2 aromatic carbocycles. The molecule has 2 aromatic rings. The minimum Gasteiger partial charge on any atom is -0.493 e. The number of benzene rings is 2. The summed E-state index contributed by atoms with van der Waals surface area (Å²) in [7, 11) is 3.37. The molecular weight excluding hydrogens is 368 g/mol. The highest BCUT2D eigenvalue weighted by atomic mass is 16.5. The second-order valence-corrected chi connectivity index (χ2v) is 8.18. The molecule has 2 heteroatoms. The fourth-order valence-corrected chi connectivity index (χ4v) is 4.19. The summed E-state index contributed by atoms with van der Waals surface area (Å²) in [6, 6.07) is 14.9. The van der Waals surface area contributed by atoms with Crippen LogP contribution in [0.1, 0.15) is 49.8 Å². The number of aryl methyl sites for hydroxylation is 2. The zero-order chi connectivity index (χ0) is 21.5. The van der Waals surface area contributed by atoms with Crippen molar-refractivity contribution in [3.8, 4) is 11.5 Å². The van der Waals surface area contributed by atoms with Crippen molar-refractivity contribution in [2.24, 2.45) is 5.92 Å². The summed E-state index contributed by atoms with van der Waals surface area (Å²) in [6.07, 6.45) is 11.4. The molecular formula is C28H34O2. The van der Waals surface area contributed by atoms with Crippen LogP contribution < -0.4 is 9.47 Å². The summed E-state index contributed by atoms with van der Waals surface area (Å²) in [5.41, 5.74) is 8.35. The molecule has 0 fully saturated rings. The highest BCUT2D eigenvalue weighted by Crippen LogP contribution is 2.39. The maximum atomic E-state index is 5.53. The Morgan fingerprint density at radius 2 is 1.77 bits per heavy atom. The predicted molar refractivity (Wildman–Crippen MR) is 127 cm³/mol. The first-order valence-electron chi connectivity index (χ1n) is 10.8. The smallest absolute Gasteiger partial charge is 0.161 e. The third-order valence-electron chi connectivity index (χ3n) is 6.17. The Bertz CT molecular complexity index is 962. The van der Waals surface area contributed by atoms with E-state index in [-0.39, 0.29) is 0 Å². The average molecular weight is 403 g/mol. The van der Waals surface area contributed by atoms with E-state index in [4.69, 9.17) is 9.47 Å². The molecule has 0 radical (unpaired) electrons. The summed E-state index contributed by atoms with van der Waals surface area (Å²) >= 11 is 0. The van der Waals surface area contributed by atoms with Gasteiger partial charge in [-0.1, -0.05) is 59.7 Å². The lowest BCUT2D eigenvalue weighted by Crippen LogP contribution is -2.08. The normalized spacial score (nSPS) is 16.7. The van der Waals surface area contributed by atoms with Gasteiger partial charge in [-0.15, -0.1) is 0 Å². The first-order chi connectivity index (χ1) is 14.5. The molecule has 0 saturated carbocycles. The van der Waals surface area contributed by atoms with E-state index in [1.807, 2.05) is 6.07 Å². The van der Waals surface area contributed by atoms with Crippen LogP contribution in [0.25, 0.3) is 5.57 Å². The quantitative estimate of drug-likeness (QED) is 0.430. The van der Waals surface area contributed by atoms with Crippen LogP contribution in [0.3, 0.4) is 0 Å². The average Bonchev–Trinajstić information content (AvgIpc) is 2.77. The summed E-state index contributed by atoms with van der Waals surface area (Å²) in [4.78, 5) is 0. The molecule has 0 amide bonds. The Labute approximate surface area is 181 Å². The molecule has 2 nitrogen and oxygen atoms in total. The third-order valence-corrected chi connectivity index (χ3v) is 6.17. The lowest BCUT2D eigenvalue weighted by atomic mass is 9.80. The van der Waals surface area contributed by atoms with Gasteiger partial charge >= 0.3 is 0 Å². The molecule has 1 aliphatic rings. The Morgan fingerprint density at radius 3 is 2.50 bits per heavy atom. The number of methoxy groups -OCH3 is 2. The third kappa shape index (κ3) is 5.24.